The fraction of sp³-hybridized carbons (Fsp3) is 0.365. The molecule has 81 heavy (non-hydrogen) atoms. The summed E-state index contributed by atoms with van der Waals surface area (Å²) in [5.41, 5.74) is 10.8. The first-order valence-electron chi connectivity index (χ1n) is 24.4. The number of benzene rings is 4. The van der Waals surface area contributed by atoms with Gasteiger partial charge in [0.25, 0.3) is 0 Å². The number of carboxylic acids is 3. The van der Waals surface area contributed by atoms with Crippen LogP contribution in [0.3, 0.4) is 0 Å². The Morgan fingerprint density at radius 2 is 1.01 bits per heavy atom. The lowest BCUT2D eigenvalue weighted by molar-refractivity contribution is -0.193. The van der Waals surface area contributed by atoms with E-state index < -0.39 is 60.3 Å². The zero-order valence-corrected chi connectivity index (χ0v) is 42.9. The molecule has 5 amide bonds. The molecule has 4 aromatic rings. The van der Waals surface area contributed by atoms with Crippen molar-refractivity contribution in [3.05, 3.63) is 131 Å². The summed E-state index contributed by atoms with van der Waals surface area (Å²) in [4.78, 5) is 98.5. The molecular formula is C52H58F9N9O11. The first-order chi connectivity index (χ1) is 37.9. The first-order valence-corrected chi connectivity index (χ1v) is 24.4. The van der Waals surface area contributed by atoms with Crippen molar-refractivity contribution in [1.82, 2.24) is 25.8 Å². The van der Waals surface area contributed by atoms with Crippen LogP contribution in [0.5, 0.6) is 0 Å². The number of carboxylic acid groups (broad SMARTS) is 3. The quantitative estimate of drug-likeness (QED) is 0.0582. The molecule has 2 atom stereocenters. The number of fused-ring (bicyclic) bond motifs is 3. The second kappa shape index (κ2) is 31.9. The van der Waals surface area contributed by atoms with Gasteiger partial charge in [-0.25, -0.2) is 14.4 Å². The number of carbonyl (C=O) groups is 8. The van der Waals surface area contributed by atoms with Gasteiger partial charge in [0.15, 0.2) is 0 Å². The highest BCUT2D eigenvalue weighted by molar-refractivity contribution is 5.95. The van der Waals surface area contributed by atoms with Crippen molar-refractivity contribution in [2.24, 2.45) is 5.73 Å². The topological polar surface area (TPSA) is 314 Å². The molecule has 6 bridgehead atoms. The number of nitrogens with zero attached hydrogens (tertiary/aromatic N) is 2. The van der Waals surface area contributed by atoms with Gasteiger partial charge >= 0.3 is 36.4 Å². The van der Waals surface area contributed by atoms with Crippen LogP contribution in [-0.2, 0) is 64.2 Å². The van der Waals surface area contributed by atoms with E-state index in [1.807, 2.05) is 54.6 Å². The summed E-state index contributed by atoms with van der Waals surface area (Å²) in [7, 11) is 0. The van der Waals surface area contributed by atoms with Crippen LogP contribution in [0, 0.1) is 5.41 Å². The molecule has 1 fully saturated rings. The Bertz CT molecular complexity index is 2690. The summed E-state index contributed by atoms with van der Waals surface area (Å²) in [6, 6.07) is 29.2. The van der Waals surface area contributed by atoms with Crippen molar-refractivity contribution in [2.75, 3.05) is 49.9 Å². The number of nitrogens with two attached hydrogens (primary N) is 1. The molecular weight excluding hydrogens is 1100 g/mol. The molecule has 29 heteroatoms. The highest BCUT2D eigenvalue weighted by Gasteiger charge is 2.39. The second-order valence-electron chi connectivity index (χ2n) is 17.8. The number of hydrogen-bond donors (Lipinski definition) is 10. The molecule has 5 heterocycles. The predicted octanol–water partition coefficient (Wildman–Crippen LogP) is 5.25. The van der Waals surface area contributed by atoms with Gasteiger partial charge in [-0.3, -0.25) is 29.4 Å². The van der Waals surface area contributed by atoms with Crippen LogP contribution in [0.2, 0.25) is 0 Å². The molecule has 0 aliphatic carbocycles. The number of aryl methyl sites for hydroxylation is 1. The third kappa shape index (κ3) is 26.3. The summed E-state index contributed by atoms with van der Waals surface area (Å²) in [5.74, 6) is -9.79. The predicted molar refractivity (Wildman–Crippen MR) is 273 cm³/mol. The third-order valence-electron chi connectivity index (χ3n) is 11.6. The van der Waals surface area contributed by atoms with E-state index >= 15 is 0 Å². The molecule has 0 radical (unpaired) electrons. The monoisotopic (exact) mass is 1160 g/mol. The molecule has 0 spiro atoms. The summed E-state index contributed by atoms with van der Waals surface area (Å²) < 4.78 is 95.2. The molecule has 440 valence electrons. The van der Waals surface area contributed by atoms with Gasteiger partial charge in [-0.1, -0.05) is 78.9 Å². The maximum absolute atomic E-state index is 14.2. The fourth-order valence-corrected chi connectivity index (χ4v) is 7.29. The molecule has 11 N–H and O–H groups in total. The molecule has 0 unspecified atom stereocenters. The minimum absolute atomic E-state index is 0.0615. The Labute approximate surface area is 456 Å². The van der Waals surface area contributed by atoms with Gasteiger partial charge in [0.2, 0.25) is 29.5 Å². The maximum atomic E-state index is 14.2. The van der Waals surface area contributed by atoms with Gasteiger partial charge in [0, 0.05) is 94.9 Å². The summed E-state index contributed by atoms with van der Waals surface area (Å²) in [6.07, 6.45) is -12.8. The zero-order valence-electron chi connectivity index (χ0n) is 42.9. The number of hydrogen-bond acceptors (Lipinski definition) is 11. The average Bonchev–Trinajstić information content (AvgIpc) is 3.41. The van der Waals surface area contributed by atoms with Gasteiger partial charge in [-0.15, -0.1) is 0 Å². The number of halogens is 9. The lowest BCUT2D eigenvalue weighted by atomic mass is 10.0. The van der Waals surface area contributed by atoms with E-state index in [0.29, 0.717) is 55.7 Å². The summed E-state index contributed by atoms with van der Waals surface area (Å²) in [6.45, 7) is 4.68. The highest BCUT2D eigenvalue weighted by Crippen LogP contribution is 2.18. The largest absolute Gasteiger partial charge is 0.490 e. The summed E-state index contributed by atoms with van der Waals surface area (Å²) >= 11 is 0. The van der Waals surface area contributed by atoms with E-state index in [9.17, 15) is 63.5 Å². The number of amidine groups is 1. The van der Waals surface area contributed by atoms with Crippen LogP contribution in [0.25, 0.3) is 0 Å². The first kappa shape index (κ1) is 66.7. The molecule has 1 saturated heterocycles. The Balaban J connectivity index is 0.000000693. The number of anilines is 2. The molecule has 4 aromatic carbocycles. The van der Waals surface area contributed by atoms with Gasteiger partial charge in [0.1, 0.15) is 17.9 Å². The van der Waals surface area contributed by atoms with Gasteiger partial charge in [0.05, 0.1) is 0 Å². The second-order valence-corrected chi connectivity index (χ2v) is 17.8. The number of piperazine rings is 1. The van der Waals surface area contributed by atoms with Crippen LogP contribution in [0.1, 0.15) is 53.5 Å². The number of alkyl halides is 9. The van der Waals surface area contributed by atoms with Crippen LogP contribution >= 0.6 is 0 Å². The number of amides is 5. The van der Waals surface area contributed by atoms with E-state index in [1.54, 1.807) is 48.5 Å². The van der Waals surface area contributed by atoms with Crippen LogP contribution in [0.15, 0.2) is 103 Å². The van der Waals surface area contributed by atoms with E-state index in [4.69, 9.17) is 40.8 Å². The van der Waals surface area contributed by atoms with Gasteiger partial charge in [-0.2, -0.15) is 39.5 Å². The lowest BCUT2D eigenvalue weighted by Crippen LogP contribution is -2.55. The van der Waals surface area contributed by atoms with Crippen LogP contribution in [0.4, 0.5) is 50.9 Å². The Morgan fingerprint density at radius 3 is 1.42 bits per heavy atom. The smallest absolute Gasteiger partial charge is 0.475 e. The Morgan fingerprint density at radius 1 is 0.593 bits per heavy atom. The highest BCUT2D eigenvalue weighted by atomic mass is 19.4. The van der Waals surface area contributed by atoms with Gasteiger partial charge < -0.3 is 57.4 Å². The SMILES string of the molecule is N=C(N)c1ccc(CNC(=O)[C@@H]2Cc3ccc(cc3)NC(=O)CCN3CCN(CCC(=O)Nc4ccc(cc4)C[C@@H](NC(=O)CCCc4ccccc4)C(=O)N2)CC3)cc1.O=C(O)C(F)(F)F.O=C(O)C(F)(F)F.O=C(O)C(F)(F)F. The number of carbonyl (C=O) groups excluding carboxylic acids is 5. The third-order valence-corrected chi connectivity index (χ3v) is 11.6. The van der Waals surface area contributed by atoms with Crippen molar-refractivity contribution in [1.29, 1.82) is 5.41 Å². The molecule has 9 rings (SSSR count). The standard InChI is InChI=1S/C46H55N9O5.3C2HF3O2/c47-44(48)36-15-9-35(10-16-36)31-49-45(59)39-29-33-11-17-37(18-12-33)50-42(57)21-23-54-25-27-55(28-26-54)24-22-43(58)51-38-19-13-34(14-20-38)30-40(46(60)53-39)52-41(56)8-4-7-32-5-2-1-3-6-32;3*3-2(4,5)1(6)7/h1-3,5-6,9-20,39-40H,4,7-8,21-31H2,(H3,47,48)(H,49,59)(H,50,57)(H,51,58)(H,52,56)(H,53,60);3*(H,6,7)/t39-,40+;;;/m0.../s1. The maximum Gasteiger partial charge on any atom is 0.490 e. The van der Waals surface area contributed by atoms with E-state index in [2.05, 4.69) is 36.4 Å². The number of nitrogen functional groups attached to an aromatic ring is 1. The van der Waals surface area contributed by atoms with Crippen LogP contribution in [-0.4, -0.2) is 148 Å². The van der Waals surface area contributed by atoms with Crippen molar-refractivity contribution in [3.8, 4) is 0 Å². The average molecular weight is 1160 g/mol. The molecule has 5 aliphatic rings. The van der Waals surface area contributed by atoms with E-state index in [0.717, 1.165) is 48.4 Å². The van der Waals surface area contributed by atoms with E-state index in [-0.39, 0.29) is 49.4 Å². The zero-order chi connectivity index (χ0) is 60.5. The van der Waals surface area contributed by atoms with Crippen LogP contribution < -0.4 is 32.3 Å². The normalized spacial score (nSPS) is 18.0. The van der Waals surface area contributed by atoms with Crippen molar-refractivity contribution in [2.45, 2.75) is 82.1 Å². The van der Waals surface area contributed by atoms with Crippen molar-refractivity contribution >= 4 is 64.7 Å². The number of aliphatic carboxylic acids is 3. The fourth-order valence-electron chi connectivity index (χ4n) is 7.29. The molecule has 0 aromatic heterocycles. The van der Waals surface area contributed by atoms with E-state index in [1.165, 1.54) is 0 Å². The molecule has 0 saturated carbocycles. The molecule has 5 aliphatic heterocycles. The van der Waals surface area contributed by atoms with Crippen molar-refractivity contribution in [3.63, 3.8) is 0 Å². The molecule has 20 nitrogen and oxygen atoms in total. The van der Waals surface area contributed by atoms with Crippen molar-refractivity contribution < 1.29 is 93.2 Å². The summed E-state index contributed by atoms with van der Waals surface area (Å²) in [5, 5.41) is 43.8. The minimum Gasteiger partial charge on any atom is -0.475 e. The van der Waals surface area contributed by atoms with Gasteiger partial charge in [-0.05, 0) is 59.4 Å². The number of rotatable bonds is 9. The Hall–Kier alpha value is -8.60. The number of nitrogens with one attached hydrogen (secondary N) is 6. The minimum atomic E-state index is -5.08. The lowest BCUT2D eigenvalue weighted by Gasteiger charge is -2.34. The Kier molecular flexibility index (Phi) is 26.2.